The normalized spacial score (nSPS) is 12.7. The van der Waals surface area contributed by atoms with Crippen LogP contribution in [0, 0.1) is 0 Å². The van der Waals surface area contributed by atoms with Gasteiger partial charge in [-0.1, -0.05) is 42.5 Å². The van der Waals surface area contributed by atoms with Crippen molar-refractivity contribution in [2.45, 2.75) is 4.90 Å². The number of nitrogens with zero attached hydrogens (tertiary/aromatic N) is 1. The fourth-order valence-electron chi connectivity index (χ4n) is 2.59. The molecule has 2 N–H and O–H groups in total. The lowest BCUT2D eigenvalue weighted by Gasteiger charge is -2.08. The first-order valence-corrected chi connectivity index (χ1v) is 9.98. The molecule has 0 amide bonds. The molecule has 0 bridgehead atoms. The number of thioether (sulfide) groups is 1. The predicted octanol–water partition coefficient (Wildman–Crippen LogP) is 1.37. The maximum Gasteiger partial charge on any atom is 0.272 e. The first-order chi connectivity index (χ1) is 13.5. The van der Waals surface area contributed by atoms with Gasteiger partial charge in [-0.3, -0.25) is 9.59 Å². The van der Waals surface area contributed by atoms with E-state index in [4.69, 9.17) is 0 Å². The molecule has 6 heteroatoms. The number of hydrogen-bond acceptors (Lipinski definition) is 4. The zero-order valence-electron chi connectivity index (χ0n) is 15.9. The summed E-state index contributed by atoms with van der Waals surface area (Å²) < 4.78 is 0. The van der Waals surface area contributed by atoms with Gasteiger partial charge in [0.25, 0.3) is 11.1 Å². The van der Waals surface area contributed by atoms with Crippen LogP contribution >= 0.6 is 11.8 Å². The van der Waals surface area contributed by atoms with Crippen molar-refractivity contribution < 1.29 is 0 Å². The van der Waals surface area contributed by atoms with E-state index < -0.39 is 0 Å². The van der Waals surface area contributed by atoms with Crippen molar-refractivity contribution in [2.24, 2.45) is 0 Å². The second-order valence-corrected chi connectivity index (χ2v) is 7.82. The van der Waals surface area contributed by atoms with Crippen molar-refractivity contribution in [2.75, 3.05) is 26.4 Å². The molecule has 3 aromatic rings. The minimum Gasteiger partial charge on any atom is -0.316 e. The van der Waals surface area contributed by atoms with Gasteiger partial charge in [0.1, 0.15) is 10.7 Å². The Morgan fingerprint density at radius 3 is 1.89 bits per heavy atom. The molecule has 144 valence electrons. The molecule has 0 spiro atoms. The van der Waals surface area contributed by atoms with Crippen molar-refractivity contribution >= 4 is 23.9 Å². The van der Waals surface area contributed by atoms with E-state index in [1.54, 1.807) is 23.9 Å². The van der Waals surface area contributed by atoms with Crippen molar-refractivity contribution in [3.63, 3.8) is 0 Å². The van der Waals surface area contributed by atoms with Crippen molar-refractivity contribution in [1.29, 1.82) is 0 Å². The van der Waals surface area contributed by atoms with E-state index in [0.717, 1.165) is 23.4 Å². The first kappa shape index (κ1) is 19.9. The van der Waals surface area contributed by atoms with Crippen LogP contribution in [-0.4, -0.2) is 41.3 Å². The summed E-state index contributed by atoms with van der Waals surface area (Å²) in [5.41, 5.74) is 1.05. The number of aromatic amines is 2. The smallest absolute Gasteiger partial charge is 0.272 e. The highest BCUT2D eigenvalue weighted by molar-refractivity contribution is 7.99. The van der Waals surface area contributed by atoms with Crippen LogP contribution in [0.3, 0.4) is 0 Å². The van der Waals surface area contributed by atoms with Crippen LogP contribution < -0.4 is 21.8 Å². The van der Waals surface area contributed by atoms with Gasteiger partial charge in [0.05, 0.1) is 0 Å². The fraction of sp³-hybridized carbons (Fsp3) is 0.182. The van der Waals surface area contributed by atoms with Crippen molar-refractivity contribution in [1.82, 2.24) is 14.9 Å². The molecule has 0 saturated carbocycles. The van der Waals surface area contributed by atoms with Gasteiger partial charge in [0, 0.05) is 17.2 Å². The van der Waals surface area contributed by atoms with E-state index in [0.29, 0.717) is 0 Å². The summed E-state index contributed by atoms with van der Waals surface area (Å²) in [6.07, 6.45) is 3.34. The minimum atomic E-state index is -0.328. The molecule has 0 aliphatic heterocycles. The Kier molecular flexibility index (Phi) is 6.68. The van der Waals surface area contributed by atoms with Crippen molar-refractivity contribution in [3.05, 3.63) is 97.1 Å². The number of rotatable bonds is 6. The van der Waals surface area contributed by atoms with Crippen LogP contribution in [0.4, 0.5) is 0 Å². The molecule has 1 heterocycles. The van der Waals surface area contributed by atoms with Crippen LogP contribution in [0.25, 0.3) is 12.2 Å². The van der Waals surface area contributed by atoms with Crippen LogP contribution in [0.5, 0.6) is 0 Å². The standard InChI is InChI=1S/C22H23N3O2S/c1-25(2)12-13-28-18-10-8-17(9-11-18)15-20-22(27)23-19(21(26)24-20)14-16-6-4-3-5-7-16/h3-11,14-15H,12-13H2,1-2H3,(H,23,27)(H,24,26)/b19-14+,20-15+. The monoisotopic (exact) mass is 393 g/mol. The Labute approximate surface area is 167 Å². The maximum atomic E-state index is 12.4. The summed E-state index contributed by atoms with van der Waals surface area (Å²) in [5.74, 6) is 1.02. The Bertz CT molecular complexity index is 1150. The van der Waals surface area contributed by atoms with Crippen LogP contribution in [-0.2, 0) is 0 Å². The Morgan fingerprint density at radius 2 is 1.36 bits per heavy atom. The zero-order chi connectivity index (χ0) is 19.9. The Hall–Kier alpha value is -2.83. The number of aromatic nitrogens is 2. The van der Waals surface area contributed by atoms with E-state index in [1.165, 1.54) is 4.90 Å². The molecule has 0 saturated heterocycles. The Balaban J connectivity index is 1.85. The average molecular weight is 394 g/mol. The molecular weight excluding hydrogens is 370 g/mol. The molecule has 0 unspecified atom stereocenters. The van der Waals surface area contributed by atoms with Crippen LogP contribution in [0.1, 0.15) is 11.1 Å². The van der Waals surface area contributed by atoms with E-state index in [2.05, 4.69) is 29.0 Å². The van der Waals surface area contributed by atoms with Gasteiger partial charge in [0.15, 0.2) is 0 Å². The van der Waals surface area contributed by atoms with Crippen LogP contribution in [0.2, 0.25) is 0 Å². The third kappa shape index (κ3) is 5.58. The van der Waals surface area contributed by atoms with Gasteiger partial charge in [-0.15, -0.1) is 11.8 Å². The minimum absolute atomic E-state index is 0.237. The molecule has 0 fully saturated rings. The zero-order valence-corrected chi connectivity index (χ0v) is 16.8. The van der Waals surface area contributed by atoms with Crippen LogP contribution in [0.15, 0.2) is 69.1 Å². The second kappa shape index (κ2) is 9.39. The summed E-state index contributed by atoms with van der Waals surface area (Å²) in [5, 5.41) is 0.476. The van der Waals surface area contributed by atoms with Gasteiger partial charge >= 0.3 is 0 Å². The Morgan fingerprint density at radius 1 is 0.821 bits per heavy atom. The molecule has 0 atom stereocenters. The summed E-state index contributed by atoms with van der Waals surface area (Å²) in [6, 6.07) is 17.3. The molecule has 3 rings (SSSR count). The number of nitrogens with one attached hydrogen (secondary N) is 2. The number of H-pyrrole nitrogens is 2. The quantitative estimate of drug-likeness (QED) is 0.621. The lowest BCUT2D eigenvalue weighted by atomic mass is 10.2. The number of hydrogen-bond donors (Lipinski definition) is 2. The lowest BCUT2D eigenvalue weighted by molar-refractivity contribution is 0.437. The highest BCUT2D eigenvalue weighted by Crippen LogP contribution is 2.18. The average Bonchev–Trinajstić information content (AvgIpc) is 2.68. The van der Waals surface area contributed by atoms with E-state index >= 15 is 0 Å². The summed E-state index contributed by atoms with van der Waals surface area (Å²) in [7, 11) is 4.11. The molecule has 0 aliphatic carbocycles. The molecule has 5 nitrogen and oxygen atoms in total. The highest BCUT2D eigenvalue weighted by atomic mass is 32.2. The third-order valence-electron chi connectivity index (χ3n) is 4.09. The lowest BCUT2D eigenvalue weighted by Crippen LogP contribution is -2.46. The molecule has 1 aromatic heterocycles. The van der Waals surface area contributed by atoms with Gasteiger partial charge in [0.2, 0.25) is 0 Å². The molecule has 0 radical (unpaired) electrons. The SMILES string of the molecule is CN(C)CCSc1ccc(/C=c2/[nH]c(=O)/c(=C\c3ccccc3)[nH]c2=O)cc1. The molecule has 0 aliphatic rings. The third-order valence-corrected chi connectivity index (χ3v) is 5.09. The number of benzene rings is 2. The largest absolute Gasteiger partial charge is 0.316 e. The highest BCUT2D eigenvalue weighted by Gasteiger charge is 1.99. The summed E-state index contributed by atoms with van der Waals surface area (Å²) in [6.45, 7) is 1.02. The topological polar surface area (TPSA) is 69.0 Å². The van der Waals surface area contributed by atoms with E-state index in [-0.39, 0.29) is 21.8 Å². The van der Waals surface area contributed by atoms with E-state index in [9.17, 15) is 9.59 Å². The van der Waals surface area contributed by atoms with Crippen molar-refractivity contribution in [3.8, 4) is 0 Å². The molecular formula is C22H23N3O2S. The summed E-state index contributed by atoms with van der Waals surface area (Å²) in [4.78, 5) is 33.4. The predicted molar refractivity (Wildman–Crippen MR) is 116 cm³/mol. The molecule has 28 heavy (non-hydrogen) atoms. The molecule has 2 aromatic carbocycles. The van der Waals surface area contributed by atoms with Gasteiger partial charge in [-0.2, -0.15) is 0 Å². The maximum absolute atomic E-state index is 12.4. The van der Waals surface area contributed by atoms with E-state index in [1.807, 2.05) is 54.6 Å². The second-order valence-electron chi connectivity index (χ2n) is 6.66. The van der Waals surface area contributed by atoms with Gasteiger partial charge in [-0.25, -0.2) is 0 Å². The van der Waals surface area contributed by atoms with Gasteiger partial charge < -0.3 is 14.9 Å². The van der Waals surface area contributed by atoms with Gasteiger partial charge in [-0.05, 0) is 49.5 Å². The fourth-order valence-corrected chi connectivity index (χ4v) is 3.61. The summed E-state index contributed by atoms with van der Waals surface area (Å²) >= 11 is 1.79. The first-order valence-electron chi connectivity index (χ1n) is 9.00.